The minimum Gasteiger partial charge on any atom is -0.494 e. The van der Waals surface area contributed by atoms with Gasteiger partial charge < -0.3 is 25.0 Å². The fraction of sp³-hybridized carbons (Fsp3) is 0.632. The van der Waals surface area contributed by atoms with E-state index in [2.05, 4.69) is 40.6 Å². The average Bonchev–Trinajstić information content (AvgIpc) is 2.60. The Kier molecular flexibility index (Phi) is 15.5. The molecular formula is C19H35IN4O2. The lowest BCUT2D eigenvalue weighted by Crippen LogP contribution is -2.41. The molecule has 26 heavy (non-hydrogen) atoms. The van der Waals surface area contributed by atoms with Gasteiger partial charge in [-0.25, -0.2) is 4.99 Å². The standard InChI is InChI=1S/C19H34N4O2.HI/c1-5-20-19(21-11-13-23(3)12-8-14-24-4)22-16-17-9-7-10-18(15-17)25-6-2;/h7,9-10,15H,5-6,8,11-14,16H2,1-4H3,(H2,20,21,22);1H. The Hall–Kier alpha value is -1.06. The van der Waals surface area contributed by atoms with Crippen molar-refractivity contribution in [2.24, 2.45) is 4.99 Å². The van der Waals surface area contributed by atoms with Gasteiger partial charge in [0.15, 0.2) is 5.96 Å². The zero-order valence-corrected chi connectivity index (χ0v) is 18.9. The molecule has 7 heteroatoms. The van der Waals surface area contributed by atoms with E-state index in [-0.39, 0.29) is 24.0 Å². The Bertz CT molecular complexity index is 500. The van der Waals surface area contributed by atoms with Crippen LogP contribution < -0.4 is 15.4 Å². The van der Waals surface area contributed by atoms with Gasteiger partial charge in [-0.1, -0.05) is 12.1 Å². The number of methoxy groups -OCH3 is 1. The van der Waals surface area contributed by atoms with Crippen LogP contribution in [0.2, 0.25) is 0 Å². The summed E-state index contributed by atoms with van der Waals surface area (Å²) in [6, 6.07) is 8.09. The molecule has 1 aromatic carbocycles. The van der Waals surface area contributed by atoms with Crippen molar-refractivity contribution in [3.05, 3.63) is 29.8 Å². The number of halogens is 1. The fourth-order valence-corrected chi connectivity index (χ4v) is 2.37. The van der Waals surface area contributed by atoms with Crippen molar-refractivity contribution >= 4 is 29.9 Å². The molecule has 0 aromatic heterocycles. The highest BCUT2D eigenvalue weighted by Crippen LogP contribution is 2.13. The predicted octanol–water partition coefficient (Wildman–Crippen LogP) is 2.73. The van der Waals surface area contributed by atoms with Crippen molar-refractivity contribution in [3.63, 3.8) is 0 Å². The first-order valence-corrected chi connectivity index (χ1v) is 9.11. The summed E-state index contributed by atoms with van der Waals surface area (Å²) < 4.78 is 10.6. The summed E-state index contributed by atoms with van der Waals surface area (Å²) in [6.07, 6.45) is 1.05. The van der Waals surface area contributed by atoms with Crippen molar-refractivity contribution in [3.8, 4) is 5.75 Å². The third-order valence-corrected chi connectivity index (χ3v) is 3.65. The quantitative estimate of drug-likeness (QED) is 0.210. The van der Waals surface area contributed by atoms with E-state index in [4.69, 9.17) is 9.47 Å². The first-order chi connectivity index (χ1) is 12.2. The molecule has 0 amide bonds. The molecule has 6 nitrogen and oxygen atoms in total. The van der Waals surface area contributed by atoms with Crippen LogP contribution in [0.25, 0.3) is 0 Å². The van der Waals surface area contributed by atoms with Gasteiger partial charge in [-0.05, 0) is 45.0 Å². The van der Waals surface area contributed by atoms with Crippen molar-refractivity contribution in [2.75, 3.05) is 53.6 Å². The SMILES string of the molecule is CCNC(=NCc1cccc(OCC)c1)NCCN(C)CCCOC.I. The lowest BCUT2D eigenvalue weighted by atomic mass is 10.2. The molecule has 2 N–H and O–H groups in total. The Morgan fingerprint density at radius 2 is 2.00 bits per heavy atom. The van der Waals surface area contributed by atoms with Crippen LogP contribution in [0, 0.1) is 0 Å². The predicted molar refractivity (Wildman–Crippen MR) is 120 cm³/mol. The second kappa shape index (κ2) is 16.1. The van der Waals surface area contributed by atoms with Crippen LogP contribution in [0.1, 0.15) is 25.8 Å². The van der Waals surface area contributed by atoms with Gasteiger partial charge in [-0.15, -0.1) is 24.0 Å². The normalized spacial score (nSPS) is 11.2. The van der Waals surface area contributed by atoms with Crippen LogP contribution in [-0.4, -0.2) is 64.4 Å². The Morgan fingerprint density at radius 3 is 2.69 bits per heavy atom. The van der Waals surface area contributed by atoms with E-state index < -0.39 is 0 Å². The number of hydrogen-bond acceptors (Lipinski definition) is 4. The first kappa shape index (κ1) is 24.9. The maximum atomic E-state index is 5.54. The van der Waals surface area contributed by atoms with Gasteiger partial charge >= 0.3 is 0 Å². The van der Waals surface area contributed by atoms with Gasteiger partial charge in [0, 0.05) is 39.9 Å². The minimum absolute atomic E-state index is 0. The van der Waals surface area contributed by atoms with E-state index >= 15 is 0 Å². The number of hydrogen-bond donors (Lipinski definition) is 2. The summed E-state index contributed by atoms with van der Waals surface area (Å²) in [5, 5.41) is 6.67. The number of ether oxygens (including phenoxy) is 2. The number of nitrogens with zero attached hydrogens (tertiary/aromatic N) is 2. The molecule has 0 saturated heterocycles. The molecule has 1 rings (SSSR count). The number of nitrogens with one attached hydrogen (secondary N) is 2. The molecule has 0 aliphatic rings. The molecule has 0 radical (unpaired) electrons. The summed E-state index contributed by atoms with van der Waals surface area (Å²) >= 11 is 0. The van der Waals surface area contributed by atoms with Crippen molar-refractivity contribution in [1.82, 2.24) is 15.5 Å². The first-order valence-electron chi connectivity index (χ1n) is 9.11. The number of rotatable bonds is 12. The molecule has 0 spiro atoms. The Morgan fingerprint density at radius 1 is 1.19 bits per heavy atom. The molecule has 0 saturated carbocycles. The molecule has 0 aliphatic heterocycles. The molecule has 0 unspecified atom stereocenters. The summed E-state index contributed by atoms with van der Waals surface area (Å²) in [6.45, 7) is 9.87. The van der Waals surface area contributed by atoms with E-state index in [9.17, 15) is 0 Å². The van der Waals surface area contributed by atoms with E-state index in [0.29, 0.717) is 13.2 Å². The van der Waals surface area contributed by atoms with Crippen molar-refractivity contribution in [2.45, 2.75) is 26.8 Å². The van der Waals surface area contributed by atoms with Gasteiger partial charge in [0.1, 0.15) is 5.75 Å². The summed E-state index contributed by atoms with van der Waals surface area (Å²) in [4.78, 5) is 6.95. The van der Waals surface area contributed by atoms with Crippen LogP contribution in [0.5, 0.6) is 5.75 Å². The maximum Gasteiger partial charge on any atom is 0.191 e. The van der Waals surface area contributed by atoms with Crippen LogP contribution in [0.4, 0.5) is 0 Å². The number of guanidine groups is 1. The average molecular weight is 478 g/mol. The lowest BCUT2D eigenvalue weighted by molar-refractivity contribution is 0.180. The smallest absolute Gasteiger partial charge is 0.191 e. The summed E-state index contributed by atoms with van der Waals surface area (Å²) in [5.74, 6) is 1.74. The van der Waals surface area contributed by atoms with E-state index in [1.54, 1.807) is 7.11 Å². The molecule has 0 aliphatic carbocycles. The minimum atomic E-state index is 0. The summed E-state index contributed by atoms with van der Waals surface area (Å²) in [7, 11) is 3.87. The zero-order chi connectivity index (χ0) is 18.3. The summed E-state index contributed by atoms with van der Waals surface area (Å²) in [5.41, 5.74) is 1.14. The fourth-order valence-electron chi connectivity index (χ4n) is 2.37. The third kappa shape index (κ3) is 11.5. The number of aliphatic imine (C=N–C) groups is 1. The molecule has 150 valence electrons. The number of benzene rings is 1. The van der Waals surface area contributed by atoms with E-state index in [1.807, 2.05) is 25.1 Å². The third-order valence-electron chi connectivity index (χ3n) is 3.65. The molecule has 0 heterocycles. The van der Waals surface area contributed by atoms with E-state index in [0.717, 1.165) is 56.5 Å². The van der Waals surface area contributed by atoms with Gasteiger partial charge in [-0.2, -0.15) is 0 Å². The molecule has 0 fully saturated rings. The van der Waals surface area contributed by atoms with Crippen LogP contribution in [0.15, 0.2) is 29.3 Å². The van der Waals surface area contributed by atoms with Crippen molar-refractivity contribution < 1.29 is 9.47 Å². The second-order valence-corrected chi connectivity index (χ2v) is 5.85. The van der Waals surface area contributed by atoms with Crippen LogP contribution >= 0.6 is 24.0 Å². The molecule has 1 aromatic rings. The molecule has 0 bridgehead atoms. The largest absolute Gasteiger partial charge is 0.494 e. The zero-order valence-electron chi connectivity index (χ0n) is 16.6. The number of likely N-dealkylation sites (N-methyl/N-ethyl adjacent to an activating group) is 1. The van der Waals surface area contributed by atoms with Gasteiger partial charge in [0.25, 0.3) is 0 Å². The van der Waals surface area contributed by atoms with Crippen molar-refractivity contribution in [1.29, 1.82) is 0 Å². The van der Waals surface area contributed by atoms with Gasteiger partial charge in [0.2, 0.25) is 0 Å². The monoisotopic (exact) mass is 478 g/mol. The van der Waals surface area contributed by atoms with E-state index in [1.165, 1.54) is 0 Å². The highest BCUT2D eigenvalue weighted by Gasteiger charge is 2.01. The second-order valence-electron chi connectivity index (χ2n) is 5.85. The Labute approximate surface area is 175 Å². The lowest BCUT2D eigenvalue weighted by Gasteiger charge is -2.18. The molecule has 0 atom stereocenters. The maximum absolute atomic E-state index is 5.54. The highest BCUT2D eigenvalue weighted by molar-refractivity contribution is 14.0. The Balaban J connectivity index is 0.00000625. The van der Waals surface area contributed by atoms with Crippen LogP contribution in [-0.2, 0) is 11.3 Å². The van der Waals surface area contributed by atoms with Crippen LogP contribution in [0.3, 0.4) is 0 Å². The van der Waals surface area contributed by atoms with Gasteiger partial charge in [0.05, 0.1) is 13.2 Å². The van der Waals surface area contributed by atoms with Gasteiger partial charge in [-0.3, -0.25) is 0 Å². The molecular weight excluding hydrogens is 443 g/mol. The topological polar surface area (TPSA) is 58.1 Å². The highest BCUT2D eigenvalue weighted by atomic mass is 127.